The van der Waals surface area contributed by atoms with E-state index in [9.17, 15) is 14.0 Å². The number of benzene rings is 1. The summed E-state index contributed by atoms with van der Waals surface area (Å²) in [5.74, 6) is -1.55. The first kappa shape index (κ1) is 17.4. The Hall–Kier alpha value is -1.63. The number of aliphatic carboxylic acids is 1. The minimum atomic E-state index is -1.09. The van der Waals surface area contributed by atoms with E-state index in [2.05, 4.69) is 21.2 Å². The highest BCUT2D eigenvalue weighted by atomic mass is 79.9. The molecule has 0 fully saturated rings. The molecule has 7 heteroatoms. The molecule has 0 radical (unpaired) electrons. The molecular formula is C14H17BrFNO4. The van der Waals surface area contributed by atoms with E-state index in [1.807, 2.05) is 0 Å². The first-order chi connectivity index (χ1) is 9.58. The molecule has 0 aliphatic carbocycles. The lowest BCUT2D eigenvalue weighted by atomic mass is 10.0. The minimum absolute atomic E-state index is 0.344. The molecule has 1 rings (SSSR count). The summed E-state index contributed by atoms with van der Waals surface area (Å²) in [6.45, 7) is 5.10. The van der Waals surface area contributed by atoms with Crippen molar-refractivity contribution in [3.63, 3.8) is 0 Å². The van der Waals surface area contributed by atoms with Crippen molar-refractivity contribution in [2.24, 2.45) is 0 Å². The van der Waals surface area contributed by atoms with Crippen LogP contribution < -0.4 is 5.32 Å². The molecule has 1 atom stereocenters. The second kappa shape index (κ2) is 6.89. The first-order valence-corrected chi connectivity index (χ1v) is 7.04. The summed E-state index contributed by atoms with van der Waals surface area (Å²) >= 11 is 3.16. The van der Waals surface area contributed by atoms with Crippen LogP contribution in [0.25, 0.3) is 0 Å². The monoisotopic (exact) mass is 361 g/mol. The lowest BCUT2D eigenvalue weighted by molar-refractivity contribution is -0.137. The molecule has 0 aliphatic rings. The van der Waals surface area contributed by atoms with Gasteiger partial charge >= 0.3 is 12.1 Å². The predicted octanol–water partition coefficient (Wildman–Crippen LogP) is 3.63. The first-order valence-electron chi connectivity index (χ1n) is 6.25. The summed E-state index contributed by atoms with van der Waals surface area (Å²) in [6, 6.07) is 3.00. The van der Waals surface area contributed by atoms with Gasteiger partial charge in [0.25, 0.3) is 0 Å². The smallest absolute Gasteiger partial charge is 0.408 e. The number of hydrogen-bond acceptors (Lipinski definition) is 3. The summed E-state index contributed by atoms with van der Waals surface area (Å²) < 4.78 is 18.6. The highest BCUT2D eigenvalue weighted by molar-refractivity contribution is 9.10. The van der Waals surface area contributed by atoms with Gasteiger partial charge in [-0.05, 0) is 38.5 Å². The standard InChI is InChI=1S/C14H17BrFNO4/c1-14(2,3)21-13(20)17-11(7-12(18)19)9-5-4-8(16)6-10(9)15/h4-6,11H,7H2,1-3H3,(H,17,20)(H,18,19)/t11-/m0/s1. The third-order valence-electron chi connectivity index (χ3n) is 2.41. The Morgan fingerprint density at radius 1 is 1.43 bits per heavy atom. The van der Waals surface area contributed by atoms with E-state index in [1.54, 1.807) is 20.8 Å². The SMILES string of the molecule is CC(C)(C)OC(=O)N[C@@H](CC(=O)O)c1ccc(F)cc1Br. The summed E-state index contributed by atoms with van der Waals surface area (Å²) in [5, 5.41) is 11.4. The minimum Gasteiger partial charge on any atom is -0.481 e. The third-order valence-corrected chi connectivity index (χ3v) is 3.09. The van der Waals surface area contributed by atoms with E-state index in [0.29, 0.717) is 10.0 Å². The molecule has 1 aromatic carbocycles. The summed E-state index contributed by atoms with van der Waals surface area (Å²) in [6.07, 6.45) is -1.08. The van der Waals surface area contributed by atoms with Crippen molar-refractivity contribution in [1.82, 2.24) is 5.32 Å². The third kappa shape index (κ3) is 6.12. The maximum Gasteiger partial charge on any atom is 0.408 e. The lowest BCUT2D eigenvalue weighted by Crippen LogP contribution is -2.36. The van der Waals surface area contributed by atoms with Gasteiger partial charge in [-0.2, -0.15) is 0 Å². The van der Waals surface area contributed by atoms with Crippen molar-refractivity contribution in [2.45, 2.75) is 38.8 Å². The average molecular weight is 362 g/mol. The fraction of sp³-hybridized carbons (Fsp3) is 0.429. The topological polar surface area (TPSA) is 75.6 Å². The number of alkyl carbamates (subject to hydrolysis) is 1. The van der Waals surface area contributed by atoms with E-state index >= 15 is 0 Å². The Morgan fingerprint density at radius 2 is 2.05 bits per heavy atom. The Labute approximate surface area is 130 Å². The van der Waals surface area contributed by atoms with Crippen LogP contribution in [0.5, 0.6) is 0 Å². The molecule has 0 spiro atoms. The van der Waals surface area contributed by atoms with Gasteiger partial charge in [0.2, 0.25) is 0 Å². The molecular weight excluding hydrogens is 345 g/mol. The molecule has 116 valence electrons. The lowest BCUT2D eigenvalue weighted by Gasteiger charge is -2.23. The molecule has 5 nitrogen and oxygen atoms in total. The van der Waals surface area contributed by atoms with Crippen LogP contribution in [0.1, 0.15) is 38.8 Å². The zero-order valence-electron chi connectivity index (χ0n) is 11.9. The zero-order valence-corrected chi connectivity index (χ0v) is 13.5. The molecule has 1 aromatic rings. The van der Waals surface area contributed by atoms with Gasteiger partial charge in [-0.1, -0.05) is 22.0 Å². The quantitative estimate of drug-likeness (QED) is 0.858. The normalized spacial score (nSPS) is 12.6. The van der Waals surface area contributed by atoms with Crippen LogP contribution in [-0.2, 0) is 9.53 Å². The van der Waals surface area contributed by atoms with Crippen LogP contribution in [-0.4, -0.2) is 22.8 Å². The fourth-order valence-electron chi connectivity index (χ4n) is 1.65. The molecule has 2 N–H and O–H groups in total. The second-order valence-corrected chi connectivity index (χ2v) is 6.32. The van der Waals surface area contributed by atoms with E-state index < -0.39 is 29.5 Å². The Balaban J connectivity index is 2.95. The highest BCUT2D eigenvalue weighted by Gasteiger charge is 2.24. The maximum absolute atomic E-state index is 13.1. The van der Waals surface area contributed by atoms with Crippen molar-refractivity contribution in [1.29, 1.82) is 0 Å². The van der Waals surface area contributed by atoms with E-state index in [0.717, 1.165) is 0 Å². The van der Waals surface area contributed by atoms with Gasteiger partial charge in [-0.3, -0.25) is 4.79 Å². The largest absolute Gasteiger partial charge is 0.481 e. The van der Waals surface area contributed by atoms with Gasteiger partial charge in [-0.25, -0.2) is 9.18 Å². The number of nitrogens with one attached hydrogen (secondary N) is 1. The zero-order chi connectivity index (χ0) is 16.2. The Bertz CT molecular complexity index is 542. The van der Waals surface area contributed by atoms with Gasteiger partial charge in [0, 0.05) is 4.47 Å². The number of amides is 1. The summed E-state index contributed by atoms with van der Waals surface area (Å²) in [4.78, 5) is 22.7. The van der Waals surface area contributed by atoms with Crippen LogP contribution in [0.15, 0.2) is 22.7 Å². The number of ether oxygens (including phenoxy) is 1. The van der Waals surface area contributed by atoms with Crippen LogP contribution >= 0.6 is 15.9 Å². The molecule has 0 unspecified atom stereocenters. The summed E-state index contributed by atoms with van der Waals surface area (Å²) in [7, 11) is 0. The molecule has 21 heavy (non-hydrogen) atoms. The number of hydrogen-bond donors (Lipinski definition) is 2. The second-order valence-electron chi connectivity index (χ2n) is 5.46. The maximum atomic E-state index is 13.1. The van der Waals surface area contributed by atoms with Gasteiger partial charge < -0.3 is 15.2 Å². The molecule has 1 amide bonds. The van der Waals surface area contributed by atoms with Crippen molar-refractivity contribution in [3.8, 4) is 0 Å². The molecule has 0 bridgehead atoms. The number of carbonyl (C=O) groups excluding carboxylic acids is 1. The molecule has 0 aromatic heterocycles. The van der Waals surface area contributed by atoms with Crippen LogP contribution in [0.4, 0.5) is 9.18 Å². The van der Waals surface area contributed by atoms with Crippen molar-refractivity contribution in [3.05, 3.63) is 34.1 Å². The van der Waals surface area contributed by atoms with E-state index in [-0.39, 0.29) is 6.42 Å². The van der Waals surface area contributed by atoms with Crippen LogP contribution in [0.3, 0.4) is 0 Å². The van der Waals surface area contributed by atoms with Crippen LogP contribution in [0.2, 0.25) is 0 Å². The van der Waals surface area contributed by atoms with Crippen molar-refractivity contribution < 1.29 is 23.8 Å². The van der Waals surface area contributed by atoms with Gasteiger partial charge in [-0.15, -0.1) is 0 Å². The number of carboxylic acids is 1. The molecule has 0 heterocycles. The number of rotatable bonds is 4. The van der Waals surface area contributed by atoms with E-state index in [1.165, 1.54) is 18.2 Å². The van der Waals surface area contributed by atoms with Gasteiger partial charge in [0.05, 0.1) is 12.5 Å². The molecule has 0 aliphatic heterocycles. The highest BCUT2D eigenvalue weighted by Crippen LogP contribution is 2.27. The van der Waals surface area contributed by atoms with E-state index in [4.69, 9.17) is 9.84 Å². The van der Waals surface area contributed by atoms with Gasteiger partial charge in [0.15, 0.2) is 0 Å². The Morgan fingerprint density at radius 3 is 2.52 bits per heavy atom. The molecule has 0 saturated heterocycles. The molecule has 0 saturated carbocycles. The van der Waals surface area contributed by atoms with Crippen molar-refractivity contribution in [2.75, 3.05) is 0 Å². The van der Waals surface area contributed by atoms with Crippen LogP contribution in [0, 0.1) is 5.82 Å². The Kier molecular flexibility index (Phi) is 5.71. The average Bonchev–Trinajstić information content (AvgIpc) is 2.24. The number of halogens is 2. The van der Waals surface area contributed by atoms with Gasteiger partial charge in [0.1, 0.15) is 11.4 Å². The van der Waals surface area contributed by atoms with Crippen molar-refractivity contribution >= 4 is 28.0 Å². The number of carboxylic acid groups (broad SMARTS) is 1. The number of carbonyl (C=O) groups is 2. The fourth-order valence-corrected chi connectivity index (χ4v) is 2.27. The summed E-state index contributed by atoms with van der Waals surface area (Å²) in [5.41, 5.74) is -0.234. The predicted molar refractivity (Wildman–Crippen MR) is 78.5 cm³/mol.